The molecule has 0 spiro atoms. The van der Waals surface area contributed by atoms with Crippen molar-refractivity contribution in [3.8, 4) is 11.5 Å². The molecule has 0 radical (unpaired) electrons. The zero-order valence-corrected chi connectivity index (χ0v) is 11.7. The smallest absolute Gasteiger partial charge is 0.271 e. The van der Waals surface area contributed by atoms with Crippen molar-refractivity contribution in [2.45, 2.75) is 19.4 Å². The van der Waals surface area contributed by atoms with Crippen LogP contribution in [-0.2, 0) is 0 Å². The van der Waals surface area contributed by atoms with Gasteiger partial charge in [0.15, 0.2) is 0 Å². The Kier molecular flexibility index (Phi) is 4.31. The van der Waals surface area contributed by atoms with Crippen LogP contribution in [0.1, 0.15) is 25.3 Å². The molecule has 1 atom stereocenters. The minimum absolute atomic E-state index is 0.0505. The number of rotatable bonds is 5. The summed E-state index contributed by atoms with van der Waals surface area (Å²) in [6, 6.07) is 4.12. The van der Waals surface area contributed by atoms with Crippen LogP contribution in [0.4, 0.5) is 5.69 Å². The number of non-ortho nitro benzene ring substituents is 1. The van der Waals surface area contributed by atoms with E-state index in [9.17, 15) is 10.1 Å². The molecular formula is C12H13ClN4O3. The molecule has 1 aromatic heterocycles. The molecule has 1 N–H and O–H groups in total. The zero-order valence-electron chi connectivity index (χ0n) is 11.0. The molecule has 0 fully saturated rings. The molecule has 0 saturated heterocycles. The first-order valence-corrected chi connectivity index (χ1v) is 6.39. The van der Waals surface area contributed by atoms with E-state index in [4.69, 9.17) is 16.0 Å². The number of benzene rings is 1. The fourth-order valence-electron chi connectivity index (χ4n) is 1.80. The predicted octanol–water partition coefficient (Wildman–Crippen LogP) is 2.97. The Labute approximate surface area is 120 Å². The van der Waals surface area contributed by atoms with Gasteiger partial charge in [0.05, 0.1) is 11.0 Å². The third kappa shape index (κ3) is 2.94. The second kappa shape index (κ2) is 5.98. The van der Waals surface area contributed by atoms with E-state index in [1.807, 2.05) is 6.92 Å². The highest BCUT2D eigenvalue weighted by atomic mass is 35.5. The summed E-state index contributed by atoms with van der Waals surface area (Å²) < 4.78 is 5.54. The first kappa shape index (κ1) is 14.4. The minimum atomic E-state index is -0.519. The summed E-state index contributed by atoms with van der Waals surface area (Å²) in [7, 11) is 1.79. The van der Waals surface area contributed by atoms with Crippen molar-refractivity contribution in [3.05, 3.63) is 39.2 Å². The van der Waals surface area contributed by atoms with Crippen molar-refractivity contribution in [2.24, 2.45) is 0 Å². The van der Waals surface area contributed by atoms with Crippen LogP contribution in [0.5, 0.6) is 0 Å². The molecule has 0 saturated carbocycles. The van der Waals surface area contributed by atoms with Crippen molar-refractivity contribution in [2.75, 3.05) is 7.05 Å². The lowest BCUT2D eigenvalue weighted by Gasteiger charge is -2.07. The fourth-order valence-corrected chi connectivity index (χ4v) is 2.03. The first-order valence-electron chi connectivity index (χ1n) is 6.01. The maximum Gasteiger partial charge on any atom is 0.271 e. The molecular weight excluding hydrogens is 284 g/mol. The van der Waals surface area contributed by atoms with Crippen molar-refractivity contribution in [1.82, 2.24) is 15.5 Å². The van der Waals surface area contributed by atoms with Gasteiger partial charge >= 0.3 is 0 Å². The van der Waals surface area contributed by atoms with Crippen LogP contribution in [0, 0.1) is 10.1 Å². The number of nitrogens with one attached hydrogen (secondary N) is 1. The zero-order chi connectivity index (χ0) is 14.7. The lowest BCUT2D eigenvalue weighted by atomic mass is 10.2. The van der Waals surface area contributed by atoms with Gasteiger partial charge in [0.2, 0.25) is 11.8 Å². The van der Waals surface area contributed by atoms with Gasteiger partial charge in [-0.25, -0.2) is 0 Å². The van der Waals surface area contributed by atoms with Gasteiger partial charge < -0.3 is 9.73 Å². The van der Waals surface area contributed by atoms with Gasteiger partial charge in [-0.15, -0.1) is 10.2 Å². The highest BCUT2D eigenvalue weighted by Crippen LogP contribution is 2.28. The van der Waals surface area contributed by atoms with Gasteiger partial charge in [-0.3, -0.25) is 10.1 Å². The fraction of sp³-hybridized carbons (Fsp3) is 0.333. The molecule has 2 rings (SSSR count). The molecule has 0 amide bonds. The van der Waals surface area contributed by atoms with Gasteiger partial charge in [-0.2, -0.15) is 0 Å². The summed E-state index contributed by atoms with van der Waals surface area (Å²) in [6.07, 6.45) is 0.786. The maximum absolute atomic E-state index is 10.8. The highest BCUT2D eigenvalue weighted by Gasteiger charge is 2.18. The summed E-state index contributed by atoms with van der Waals surface area (Å²) in [5, 5.41) is 22.0. The van der Waals surface area contributed by atoms with Crippen LogP contribution in [0.2, 0.25) is 5.02 Å². The number of aromatic nitrogens is 2. The number of halogens is 1. The average Bonchev–Trinajstić information content (AvgIpc) is 2.89. The van der Waals surface area contributed by atoms with Crippen molar-refractivity contribution in [1.29, 1.82) is 0 Å². The van der Waals surface area contributed by atoms with Crippen molar-refractivity contribution >= 4 is 17.3 Å². The Balaban J connectivity index is 2.39. The topological polar surface area (TPSA) is 94.1 Å². The second-order valence-electron chi connectivity index (χ2n) is 4.15. The number of hydrogen-bond donors (Lipinski definition) is 1. The van der Waals surface area contributed by atoms with E-state index in [2.05, 4.69) is 15.5 Å². The van der Waals surface area contributed by atoms with E-state index in [1.165, 1.54) is 12.1 Å². The van der Waals surface area contributed by atoms with Gasteiger partial charge in [-0.05, 0) is 19.5 Å². The standard InChI is InChI=1S/C12H13ClN4O3/c1-3-10(14-2)12-16-15-11(20-12)7-4-8(13)6-9(5-7)17(18)19/h4-6,10,14H,3H2,1-2H3. The first-order chi connectivity index (χ1) is 9.55. The Morgan fingerprint density at radius 2 is 2.20 bits per heavy atom. The lowest BCUT2D eigenvalue weighted by Crippen LogP contribution is -2.15. The minimum Gasteiger partial charge on any atom is -0.419 e. The van der Waals surface area contributed by atoms with Gasteiger partial charge in [0.1, 0.15) is 0 Å². The number of nitro groups is 1. The van der Waals surface area contributed by atoms with Crippen LogP contribution in [0.15, 0.2) is 22.6 Å². The monoisotopic (exact) mass is 296 g/mol. The van der Waals surface area contributed by atoms with Crippen LogP contribution in [0.3, 0.4) is 0 Å². The Morgan fingerprint density at radius 1 is 1.45 bits per heavy atom. The molecule has 2 aromatic rings. The maximum atomic E-state index is 10.8. The normalized spacial score (nSPS) is 12.3. The van der Waals surface area contributed by atoms with Crippen LogP contribution in [-0.4, -0.2) is 22.2 Å². The molecule has 1 unspecified atom stereocenters. The van der Waals surface area contributed by atoms with E-state index in [0.717, 1.165) is 6.42 Å². The molecule has 0 aliphatic heterocycles. The van der Waals surface area contributed by atoms with Crippen LogP contribution >= 0.6 is 11.6 Å². The van der Waals surface area contributed by atoms with Crippen molar-refractivity contribution < 1.29 is 9.34 Å². The molecule has 8 heteroatoms. The number of hydrogen-bond acceptors (Lipinski definition) is 6. The molecule has 1 heterocycles. The average molecular weight is 297 g/mol. The Morgan fingerprint density at radius 3 is 2.80 bits per heavy atom. The quantitative estimate of drug-likeness (QED) is 0.673. The predicted molar refractivity (Wildman–Crippen MR) is 73.5 cm³/mol. The highest BCUT2D eigenvalue weighted by molar-refractivity contribution is 6.31. The SMILES string of the molecule is CCC(NC)c1nnc(-c2cc(Cl)cc([N+](=O)[O-])c2)o1. The number of nitro benzene ring substituents is 1. The van der Waals surface area contributed by atoms with Gasteiger partial charge in [0, 0.05) is 22.7 Å². The largest absolute Gasteiger partial charge is 0.419 e. The summed E-state index contributed by atoms with van der Waals surface area (Å²) in [5.41, 5.74) is 0.307. The van der Waals surface area contributed by atoms with E-state index in [0.29, 0.717) is 11.5 Å². The molecule has 7 nitrogen and oxygen atoms in total. The summed E-state index contributed by atoms with van der Waals surface area (Å²) in [4.78, 5) is 10.3. The molecule has 1 aromatic carbocycles. The molecule has 20 heavy (non-hydrogen) atoms. The van der Waals surface area contributed by atoms with Gasteiger partial charge in [0.25, 0.3) is 5.69 Å². The summed E-state index contributed by atoms with van der Waals surface area (Å²) >= 11 is 5.86. The van der Waals surface area contributed by atoms with E-state index >= 15 is 0 Å². The second-order valence-corrected chi connectivity index (χ2v) is 4.59. The third-order valence-electron chi connectivity index (χ3n) is 2.84. The lowest BCUT2D eigenvalue weighted by molar-refractivity contribution is -0.384. The molecule has 0 aliphatic rings. The molecule has 0 aliphatic carbocycles. The van der Waals surface area contributed by atoms with E-state index in [1.54, 1.807) is 13.1 Å². The molecule has 0 bridgehead atoms. The summed E-state index contributed by atoms with van der Waals surface area (Å²) in [6.45, 7) is 1.98. The number of nitrogens with zero attached hydrogens (tertiary/aromatic N) is 3. The van der Waals surface area contributed by atoms with Crippen LogP contribution in [0.25, 0.3) is 11.5 Å². The summed E-state index contributed by atoms with van der Waals surface area (Å²) in [5.74, 6) is 0.645. The van der Waals surface area contributed by atoms with E-state index < -0.39 is 4.92 Å². The van der Waals surface area contributed by atoms with Gasteiger partial charge in [-0.1, -0.05) is 18.5 Å². The van der Waals surface area contributed by atoms with Crippen LogP contribution < -0.4 is 5.32 Å². The van der Waals surface area contributed by atoms with Crippen molar-refractivity contribution in [3.63, 3.8) is 0 Å². The Hall–Kier alpha value is -1.99. The Bertz CT molecular complexity index is 625. The third-order valence-corrected chi connectivity index (χ3v) is 3.05. The molecule has 106 valence electrons. The van der Waals surface area contributed by atoms with E-state index in [-0.39, 0.29) is 22.6 Å².